The summed E-state index contributed by atoms with van der Waals surface area (Å²) >= 11 is 0. The van der Waals surface area contributed by atoms with E-state index >= 15 is 0 Å². The number of carbonyl (C=O) groups excluding carboxylic acids is 1. The predicted molar refractivity (Wildman–Crippen MR) is 108 cm³/mol. The Labute approximate surface area is 164 Å². The Bertz CT molecular complexity index is 882. The lowest BCUT2D eigenvalue weighted by Gasteiger charge is -2.34. The van der Waals surface area contributed by atoms with Crippen LogP contribution in [0, 0.1) is 5.92 Å². The second-order valence-electron chi connectivity index (χ2n) is 7.47. The number of aromatic nitrogens is 2. The van der Waals surface area contributed by atoms with Gasteiger partial charge in [0.1, 0.15) is 5.82 Å². The third-order valence-corrected chi connectivity index (χ3v) is 5.78. The highest BCUT2D eigenvalue weighted by molar-refractivity contribution is 5.92. The molecule has 1 aliphatic carbocycles. The summed E-state index contributed by atoms with van der Waals surface area (Å²) < 4.78 is 10.7. The largest absolute Gasteiger partial charge is 0.493 e. The number of rotatable bonds is 5. The van der Waals surface area contributed by atoms with E-state index in [0.717, 1.165) is 44.2 Å². The Balaban J connectivity index is 1.61. The summed E-state index contributed by atoms with van der Waals surface area (Å²) in [6.45, 7) is 2.01. The maximum Gasteiger partial charge on any atom is 0.227 e. The van der Waals surface area contributed by atoms with Crippen LogP contribution in [0.1, 0.15) is 25.7 Å². The summed E-state index contributed by atoms with van der Waals surface area (Å²) in [4.78, 5) is 24.1. The van der Waals surface area contributed by atoms with Crippen molar-refractivity contribution in [2.75, 3.05) is 44.5 Å². The third kappa shape index (κ3) is 3.44. The number of nitrogens with zero attached hydrogens (tertiary/aromatic N) is 3. The van der Waals surface area contributed by atoms with E-state index in [2.05, 4.69) is 10.3 Å². The van der Waals surface area contributed by atoms with Gasteiger partial charge in [0.05, 0.1) is 25.8 Å². The van der Waals surface area contributed by atoms with Crippen molar-refractivity contribution in [1.29, 1.82) is 0 Å². The van der Waals surface area contributed by atoms with Crippen molar-refractivity contribution < 1.29 is 14.3 Å². The Morgan fingerprint density at radius 3 is 2.61 bits per heavy atom. The first-order valence-electron chi connectivity index (χ1n) is 9.82. The van der Waals surface area contributed by atoms with Crippen LogP contribution in [0.3, 0.4) is 0 Å². The molecule has 0 amide bonds. The SMILES string of the molecule is COc1cc2nc(N3CCNC(C(=O)C4CCCC4)C3)nc(N)c2cc1OC. The van der Waals surface area contributed by atoms with Crippen LogP contribution >= 0.6 is 0 Å². The van der Waals surface area contributed by atoms with Crippen LogP contribution in [-0.4, -0.2) is 55.6 Å². The average Bonchev–Trinajstić information content (AvgIpc) is 3.27. The van der Waals surface area contributed by atoms with Crippen LogP contribution in [0.15, 0.2) is 12.1 Å². The molecule has 8 heteroatoms. The molecule has 28 heavy (non-hydrogen) atoms. The van der Waals surface area contributed by atoms with E-state index in [4.69, 9.17) is 20.2 Å². The summed E-state index contributed by atoms with van der Waals surface area (Å²) in [5.41, 5.74) is 6.91. The van der Waals surface area contributed by atoms with Crippen molar-refractivity contribution in [2.24, 2.45) is 5.92 Å². The number of methoxy groups -OCH3 is 2. The van der Waals surface area contributed by atoms with Gasteiger partial charge in [-0.15, -0.1) is 0 Å². The lowest BCUT2D eigenvalue weighted by molar-refractivity contribution is -0.124. The quantitative estimate of drug-likeness (QED) is 0.803. The number of nitrogens with two attached hydrogens (primary N) is 1. The van der Waals surface area contributed by atoms with E-state index in [1.54, 1.807) is 26.4 Å². The average molecular weight is 385 g/mol. The number of piperazine rings is 1. The second-order valence-corrected chi connectivity index (χ2v) is 7.47. The number of benzene rings is 1. The normalized spacial score (nSPS) is 20.5. The number of fused-ring (bicyclic) bond motifs is 1. The molecule has 0 bridgehead atoms. The molecule has 1 unspecified atom stereocenters. The molecule has 1 aliphatic heterocycles. The van der Waals surface area contributed by atoms with Crippen LogP contribution in [0.4, 0.5) is 11.8 Å². The lowest BCUT2D eigenvalue weighted by Crippen LogP contribution is -2.55. The molecule has 3 N–H and O–H groups in total. The number of ketones is 1. The van der Waals surface area contributed by atoms with E-state index in [-0.39, 0.29) is 12.0 Å². The van der Waals surface area contributed by atoms with Gasteiger partial charge in [-0.1, -0.05) is 12.8 Å². The van der Waals surface area contributed by atoms with Crippen LogP contribution < -0.4 is 25.4 Å². The zero-order valence-electron chi connectivity index (χ0n) is 16.4. The zero-order valence-corrected chi connectivity index (χ0v) is 16.4. The number of carbonyl (C=O) groups is 1. The first-order valence-corrected chi connectivity index (χ1v) is 9.82. The maximum absolute atomic E-state index is 12.8. The van der Waals surface area contributed by atoms with Gasteiger partial charge in [0.15, 0.2) is 17.3 Å². The van der Waals surface area contributed by atoms with Crippen molar-refractivity contribution >= 4 is 28.5 Å². The Morgan fingerprint density at radius 1 is 1.18 bits per heavy atom. The van der Waals surface area contributed by atoms with Crippen molar-refractivity contribution in [3.63, 3.8) is 0 Å². The minimum absolute atomic E-state index is 0.178. The molecular formula is C20H27N5O3. The highest BCUT2D eigenvalue weighted by Crippen LogP contribution is 2.34. The van der Waals surface area contributed by atoms with E-state index in [1.165, 1.54) is 0 Å². The zero-order chi connectivity index (χ0) is 19.7. The van der Waals surface area contributed by atoms with Crippen molar-refractivity contribution in [3.05, 3.63) is 12.1 Å². The van der Waals surface area contributed by atoms with Crippen LogP contribution in [0.25, 0.3) is 10.9 Å². The summed E-state index contributed by atoms with van der Waals surface area (Å²) in [6, 6.07) is 3.42. The fraction of sp³-hybridized carbons (Fsp3) is 0.550. The number of hydrogen-bond donors (Lipinski definition) is 2. The van der Waals surface area contributed by atoms with Gasteiger partial charge in [0, 0.05) is 37.0 Å². The molecule has 0 spiro atoms. The molecule has 1 saturated carbocycles. The molecule has 8 nitrogen and oxygen atoms in total. The Kier molecular flexibility index (Phi) is 5.21. The topological polar surface area (TPSA) is 103 Å². The van der Waals surface area contributed by atoms with Gasteiger partial charge in [-0.05, 0) is 18.9 Å². The third-order valence-electron chi connectivity index (χ3n) is 5.78. The monoisotopic (exact) mass is 385 g/mol. The molecular weight excluding hydrogens is 358 g/mol. The number of nitrogens with one attached hydrogen (secondary N) is 1. The molecule has 2 aliphatic rings. The van der Waals surface area contributed by atoms with Gasteiger partial charge in [-0.3, -0.25) is 4.79 Å². The molecule has 1 saturated heterocycles. The number of ether oxygens (including phenoxy) is 2. The van der Waals surface area contributed by atoms with Crippen LogP contribution in [0.5, 0.6) is 11.5 Å². The van der Waals surface area contributed by atoms with Crippen LogP contribution in [0.2, 0.25) is 0 Å². The summed E-state index contributed by atoms with van der Waals surface area (Å²) in [5.74, 6) is 2.62. The number of Topliss-reactive ketones (excluding diaryl/α,β-unsaturated/α-hetero) is 1. The highest BCUT2D eigenvalue weighted by atomic mass is 16.5. The van der Waals surface area contributed by atoms with Crippen molar-refractivity contribution in [2.45, 2.75) is 31.7 Å². The van der Waals surface area contributed by atoms with Crippen LogP contribution in [-0.2, 0) is 4.79 Å². The van der Waals surface area contributed by atoms with Crippen molar-refractivity contribution in [1.82, 2.24) is 15.3 Å². The fourth-order valence-corrected chi connectivity index (χ4v) is 4.23. The highest BCUT2D eigenvalue weighted by Gasteiger charge is 2.33. The Morgan fingerprint density at radius 2 is 1.89 bits per heavy atom. The van der Waals surface area contributed by atoms with E-state index in [1.807, 2.05) is 4.90 Å². The summed E-state index contributed by atoms with van der Waals surface area (Å²) in [5, 5.41) is 4.08. The maximum atomic E-state index is 12.8. The van der Waals surface area contributed by atoms with E-state index < -0.39 is 0 Å². The molecule has 2 fully saturated rings. The molecule has 1 atom stereocenters. The molecule has 1 aromatic carbocycles. The van der Waals surface area contributed by atoms with Gasteiger partial charge < -0.3 is 25.4 Å². The molecule has 1 aromatic heterocycles. The standard InChI is InChI=1S/C20H27N5O3/c1-27-16-9-13-14(10-17(16)28-2)23-20(24-19(13)21)25-8-7-22-15(11-25)18(26)12-5-3-4-6-12/h9-10,12,15,22H,3-8,11H2,1-2H3,(H2,21,23,24). The fourth-order valence-electron chi connectivity index (χ4n) is 4.23. The van der Waals surface area contributed by atoms with E-state index in [9.17, 15) is 4.79 Å². The molecule has 0 radical (unpaired) electrons. The van der Waals surface area contributed by atoms with Gasteiger partial charge >= 0.3 is 0 Å². The summed E-state index contributed by atoms with van der Waals surface area (Å²) in [7, 11) is 3.17. The Hall–Kier alpha value is -2.61. The second kappa shape index (κ2) is 7.79. The lowest BCUT2D eigenvalue weighted by atomic mass is 9.95. The first kappa shape index (κ1) is 18.7. The van der Waals surface area contributed by atoms with Crippen molar-refractivity contribution in [3.8, 4) is 11.5 Å². The van der Waals surface area contributed by atoms with Gasteiger partial charge in [-0.2, -0.15) is 4.98 Å². The molecule has 2 heterocycles. The first-order chi connectivity index (χ1) is 13.6. The smallest absolute Gasteiger partial charge is 0.227 e. The number of nitrogen functional groups attached to an aromatic ring is 1. The van der Waals surface area contributed by atoms with Gasteiger partial charge in [-0.25, -0.2) is 4.98 Å². The number of hydrogen-bond acceptors (Lipinski definition) is 8. The van der Waals surface area contributed by atoms with Gasteiger partial charge in [0.25, 0.3) is 0 Å². The number of anilines is 2. The molecule has 2 aromatic rings. The summed E-state index contributed by atoms with van der Waals surface area (Å²) in [6.07, 6.45) is 4.33. The minimum atomic E-state index is -0.178. The predicted octanol–water partition coefficient (Wildman–Crippen LogP) is 1.77. The van der Waals surface area contributed by atoms with Gasteiger partial charge in [0.2, 0.25) is 5.95 Å². The van der Waals surface area contributed by atoms with E-state index in [0.29, 0.717) is 41.1 Å². The minimum Gasteiger partial charge on any atom is -0.493 e. The molecule has 4 rings (SSSR count). The molecule has 150 valence electrons.